The van der Waals surface area contributed by atoms with Gasteiger partial charge >= 0.3 is 0 Å². The quantitative estimate of drug-likeness (QED) is 0.726. The first-order chi connectivity index (χ1) is 9.13. The fourth-order valence-electron chi connectivity index (χ4n) is 1.31. The van der Waals surface area contributed by atoms with Crippen molar-refractivity contribution < 1.29 is 4.79 Å². The Morgan fingerprint density at radius 2 is 2.16 bits per heavy atom. The molecule has 0 aliphatic rings. The molecule has 1 aromatic heterocycles. The van der Waals surface area contributed by atoms with Crippen LogP contribution >= 0.6 is 23.4 Å². The zero-order valence-electron chi connectivity index (χ0n) is 9.89. The highest BCUT2D eigenvalue weighted by molar-refractivity contribution is 7.99. The lowest BCUT2D eigenvalue weighted by molar-refractivity contribution is -0.118. The molecule has 0 spiro atoms. The van der Waals surface area contributed by atoms with Gasteiger partial charge in [0.05, 0.1) is 5.75 Å². The van der Waals surface area contributed by atoms with Crippen LogP contribution in [0.15, 0.2) is 29.4 Å². The first kappa shape index (κ1) is 13.7. The Morgan fingerprint density at radius 3 is 2.79 bits per heavy atom. The Morgan fingerprint density at radius 1 is 1.42 bits per heavy atom. The van der Waals surface area contributed by atoms with Crippen molar-refractivity contribution in [2.24, 2.45) is 0 Å². The molecule has 0 saturated heterocycles. The highest BCUT2D eigenvalue weighted by atomic mass is 35.5. The summed E-state index contributed by atoms with van der Waals surface area (Å²) in [5.74, 6) is 0.387. The first-order valence-corrected chi connectivity index (χ1v) is 6.81. The van der Waals surface area contributed by atoms with E-state index in [9.17, 15) is 4.79 Å². The van der Waals surface area contributed by atoms with Gasteiger partial charge in [-0.15, -0.1) is 5.10 Å². The van der Waals surface area contributed by atoms with E-state index >= 15 is 0 Å². The number of amides is 1. The van der Waals surface area contributed by atoms with E-state index in [0.29, 0.717) is 16.7 Å². The van der Waals surface area contributed by atoms with Crippen molar-refractivity contribution in [3.8, 4) is 0 Å². The average Bonchev–Trinajstić information content (AvgIpc) is 2.81. The van der Waals surface area contributed by atoms with Crippen molar-refractivity contribution in [3.05, 3.63) is 34.9 Å². The second-order valence-corrected chi connectivity index (χ2v) is 5.07. The van der Waals surface area contributed by atoms with E-state index < -0.39 is 0 Å². The Hall–Kier alpha value is -1.73. The van der Waals surface area contributed by atoms with Crippen molar-refractivity contribution in [1.82, 2.24) is 20.5 Å². The minimum absolute atomic E-state index is 0.0941. The van der Waals surface area contributed by atoms with Crippen molar-refractivity contribution in [3.63, 3.8) is 0 Å². The molecule has 2 rings (SSSR count). The van der Waals surface area contributed by atoms with Gasteiger partial charge in [0.1, 0.15) is 0 Å². The molecule has 0 bridgehead atoms. The van der Waals surface area contributed by atoms with Crippen LogP contribution in [-0.2, 0) is 11.3 Å². The molecule has 19 heavy (non-hydrogen) atoms. The number of hydrogen-bond acceptors (Lipinski definition) is 5. The summed E-state index contributed by atoms with van der Waals surface area (Å²) in [6.07, 6.45) is 0. The van der Waals surface area contributed by atoms with Crippen LogP contribution in [0.3, 0.4) is 0 Å². The molecule has 100 valence electrons. The number of carbonyl (C=O) groups is 1. The van der Waals surface area contributed by atoms with Crippen LogP contribution in [0.1, 0.15) is 5.56 Å². The minimum Gasteiger partial charge on any atom is -0.368 e. The molecule has 1 amide bonds. The van der Waals surface area contributed by atoms with E-state index in [0.717, 1.165) is 5.56 Å². The Labute approximate surface area is 119 Å². The van der Waals surface area contributed by atoms with Gasteiger partial charge in [0.2, 0.25) is 17.0 Å². The van der Waals surface area contributed by atoms with Crippen LogP contribution in [0.5, 0.6) is 0 Å². The van der Waals surface area contributed by atoms with Crippen molar-refractivity contribution in [1.29, 1.82) is 0 Å². The summed E-state index contributed by atoms with van der Waals surface area (Å²) in [7, 11) is 0. The fourth-order valence-corrected chi connectivity index (χ4v) is 2.07. The summed E-state index contributed by atoms with van der Waals surface area (Å²) in [5.41, 5.74) is 6.37. The third kappa shape index (κ3) is 4.46. The van der Waals surface area contributed by atoms with Crippen LogP contribution in [0, 0.1) is 0 Å². The number of halogens is 1. The smallest absolute Gasteiger partial charge is 0.230 e. The molecule has 0 aliphatic carbocycles. The lowest BCUT2D eigenvalue weighted by Crippen LogP contribution is -2.24. The van der Waals surface area contributed by atoms with Crippen LogP contribution in [0.25, 0.3) is 0 Å². The van der Waals surface area contributed by atoms with Crippen LogP contribution < -0.4 is 11.1 Å². The number of benzene rings is 1. The number of rotatable bonds is 5. The molecule has 6 nitrogen and oxygen atoms in total. The predicted molar refractivity (Wildman–Crippen MR) is 74.8 cm³/mol. The van der Waals surface area contributed by atoms with Gasteiger partial charge in [-0.2, -0.15) is 4.98 Å². The van der Waals surface area contributed by atoms with Crippen molar-refractivity contribution in [2.45, 2.75) is 11.7 Å². The molecule has 0 atom stereocenters. The maximum absolute atomic E-state index is 11.6. The van der Waals surface area contributed by atoms with E-state index in [1.165, 1.54) is 11.8 Å². The molecule has 0 fully saturated rings. The number of carbonyl (C=O) groups excluding carboxylic acids is 1. The Kier molecular flexibility index (Phi) is 4.64. The van der Waals surface area contributed by atoms with Gasteiger partial charge in [-0.05, 0) is 17.7 Å². The number of anilines is 1. The molecule has 1 heterocycles. The summed E-state index contributed by atoms with van der Waals surface area (Å²) >= 11 is 7.00. The van der Waals surface area contributed by atoms with Gasteiger partial charge in [0.15, 0.2) is 0 Å². The number of aromatic amines is 1. The monoisotopic (exact) mass is 297 g/mol. The zero-order chi connectivity index (χ0) is 13.7. The maximum atomic E-state index is 11.6. The molecular formula is C11H12ClN5OS. The standard InChI is InChI=1S/C11H12ClN5OS/c12-8-3-1-7(2-4-8)5-14-9(18)6-19-11-15-10(13)16-17-11/h1-4H,5-6H2,(H,14,18)(H3,13,15,16,17). The molecule has 8 heteroatoms. The fraction of sp³-hybridized carbons (Fsp3) is 0.182. The number of nitrogens with two attached hydrogens (primary N) is 1. The highest BCUT2D eigenvalue weighted by Gasteiger charge is 2.06. The van der Waals surface area contributed by atoms with Crippen LogP contribution in [0.2, 0.25) is 5.02 Å². The van der Waals surface area contributed by atoms with E-state index in [1.54, 1.807) is 12.1 Å². The lowest BCUT2D eigenvalue weighted by atomic mass is 10.2. The number of nitrogens with zero attached hydrogens (tertiary/aromatic N) is 2. The molecule has 2 aromatic rings. The van der Waals surface area contributed by atoms with Gasteiger partial charge < -0.3 is 11.1 Å². The van der Waals surface area contributed by atoms with Crippen LogP contribution in [0.4, 0.5) is 5.95 Å². The molecule has 0 radical (unpaired) electrons. The number of nitrogen functional groups attached to an aromatic ring is 1. The summed E-state index contributed by atoms with van der Waals surface area (Å²) in [4.78, 5) is 15.5. The number of thioether (sulfide) groups is 1. The van der Waals surface area contributed by atoms with Gasteiger partial charge in [-0.3, -0.25) is 4.79 Å². The third-order valence-corrected chi connectivity index (χ3v) is 3.32. The van der Waals surface area contributed by atoms with Gasteiger partial charge in [0.25, 0.3) is 0 Å². The van der Waals surface area contributed by atoms with E-state index in [4.69, 9.17) is 17.3 Å². The number of hydrogen-bond donors (Lipinski definition) is 3. The number of nitrogens with one attached hydrogen (secondary N) is 2. The predicted octanol–water partition coefficient (Wildman–Crippen LogP) is 1.45. The first-order valence-electron chi connectivity index (χ1n) is 5.45. The van der Waals surface area contributed by atoms with Gasteiger partial charge in [-0.25, -0.2) is 5.10 Å². The highest BCUT2D eigenvalue weighted by Crippen LogP contribution is 2.12. The normalized spacial score (nSPS) is 10.4. The largest absolute Gasteiger partial charge is 0.368 e. The minimum atomic E-state index is -0.0941. The van der Waals surface area contributed by atoms with Gasteiger partial charge in [0, 0.05) is 11.6 Å². The maximum Gasteiger partial charge on any atom is 0.230 e. The molecule has 1 aromatic carbocycles. The third-order valence-electron chi connectivity index (χ3n) is 2.22. The van der Waals surface area contributed by atoms with Gasteiger partial charge in [-0.1, -0.05) is 35.5 Å². The summed E-state index contributed by atoms with van der Waals surface area (Å²) < 4.78 is 0. The molecule has 0 unspecified atom stereocenters. The number of aromatic nitrogens is 3. The Bertz CT molecular complexity index is 556. The SMILES string of the molecule is Nc1nc(SCC(=O)NCc2ccc(Cl)cc2)n[nH]1. The van der Waals surface area contributed by atoms with E-state index in [2.05, 4.69) is 20.5 Å². The summed E-state index contributed by atoms with van der Waals surface area (Å²) in [6, 6.07) is 7.31. The zero-order valence-corrected chi connectivity index (χ0v) is 11.5. The second-order valence-electron chi connectivity index (χ2n) is 3.70. The average molecular weight is 298 g/mol. The summed E-state index contributed by atoms with van der Waals surface area (Å²) in [5, 5.41) is 10.3. The van der Waals surface area contributed by atoms with Crippen molar-refractivity contribution >= 4 is 35.2 Å². The lowest BCUT2D eigenvalue weighted by Gasteiger charge is -2.04. The van der Waals surface area contributed by atoms with E-state index in [-0.39, 0.29) is 17.6 Å². The number of H-pyrrole nitrogens is 1. The van der Waals surface area contributed by atoms with Crippen molar-refractivity contribution in [2.75, 3.05) is 11.5 Å². The molecule has 0 saturated carbocycles. The van der Waals surface area contributed by atoms with E-state index in [1.807, 2.05) is 12.1 Å². The molecule has 0 aliphatic heterocycles. The molecular weight excluding hydrogens is 286 g/mol. The summed E-state index contributed by atoms with van der Waals surface area (Å²) in [6.45, 7) is 0.465. The second kappa shape index (κ2) is 6.44. The Balaban J connectivity index is 1.74. The van der Waals surface area contributed by atoms with Crippen LogP contribution in [-0.4, -0.2) is 26.8 Å². The topological polar surface area (TPSA) is 96.7 Å². The molecule has 4 N–H and O–H groups in total.